The number of hydrogen-bond donors (Lipinski definition) is 2. The van der Waals surface area contributed by atoms with Gasteiger partial charge in [0, 0.05) is 11.1 Å². The van der Waals surface area contributed by atoms with E-state index >= 15 is 0 Å². The SMILES string of the molecule is C[C@H](Oc1ccccc1F)C(=O)NNC(=O)c1cc(Cl)ccc1[N+](=O)[O-]. The Hall–Kier alpha value is -3.20. The summed E-state index contributed by atoms with van der Waals surface area (Å²) >= 11 is 5.74. The molecule has 8 nitrogen and oxygen atoms in total. The van der Waals surface area contributed by atoms with Gasteiger partial charge in [-0.2, -0.15) is 0 Å². The largest absolute Gasteiger partial charge is 0.478 e. The number of hydrazine groups is 1. The van der Waals surface area contributed by atoms with Gasteiger partial charge in [-0.1, -0.05) is 23.7 Å². The summed E-state index contributed by atoms with van der Waals surface area (Å²) in [5.74, 6) is -2.50. The molecule has 136 valence electrons. The maximum atomic E-state index is 13.5. The van der Waals surface area contributed by atoms with Crippen molar-refractivity contribution in [1.29, 1.82) is 0 Å². The van der Waals surface area contributed by atoms with E-state index in [1.54, 1.807) is 0 Å². The lowest BCUT2D eigenvalue weighted by molar-refractivity contribution is -0.385. The smallest absolute Gasteiger partial charge is 0.282 e. The highest BCUT2D eigenvalue weighted by Crippen LogP contribution is 2.22. The molecule has 0 unspecified atom stereocenters. The average Bonchev–Trinajstić information content (AvgIpc) is 2.60. The molecule has 0 radical (unpaired) electrons. The van der Waals surface area contributed by atoms with Crippen molar-refractivity contribution in [3.05, 3.63) is 69.0 Å². The number of amides is 2. The Kier molecular flexibility index (Phi) is 6.07. The summed E-state index contributed by atoms with van der Waals surface area (Å²) < 4.78 is 18.7. The molecule has 0 aliphatic rings. The first kappa shape index (κ1) is 19.1. The third-order valence-corrected chi connectivity index (χ3v) is 3.44. The number of nitrogens with zero attached hydrogens (tertiary/aromatic N) is 1. The van der Waals surface area contributed by atoms with E-state index in [4.69, 9.17) is 16.3 Å². The summed E-state index contributed by atoms with van der Waals surface area (Å²) in [5, 5.41) is 11.1. The quantitative estimate of drug-likeness (QED) is 0.611. The van der Waals surface area contributed by atoms with Crippen molar-refractivity contribution < 1.29 is 23.6 Å². The highest BCUT2D eigenvalue weighted by molar-refractivity contribution is 6.31. The molecule has 0 fully saturated rings. The Morgan fingerprint density at radius 1 is 1.23 bits per heavy atom. The number of benzene rings is 2. The highest BCUT2D eigenvalue weighted by Gasteiger charge is 2.22. The van der Waals surface area contributed by atoms with Crippen LogP contribution in [0.25, 0.3) is 0 Å². The molecule has 2 rings (SSSR count). The number of para-hydroxylation sites is 1. The molecular weight excluding hydrogens is 369 g/mol. The lowest BCUT2D eigenvalue weighted by Gasteiger charge is -2.15. The fourth-order valence-corrected chi connectivity index (χ4v) is 2.09. The molecule has 0 aliphatic carbocycles. The molecule has 2 amide bonds. The number of nitrogens with one attached hydrogen (secondary N) is 2. The molecule has 0 spiro atoms. The first-order chi connectivity index (χ1) is 12.3. The van der Waals surface area contributed by atoms with Crippen molar-refractivity contribution in [1.82, 2.24) is 10.9 Å². The maximum Gasteiger partial charge on any atom is 0.282 e. The van der Waals surface area contributed by atoms with Crippen molar-refractivity contribution in [3.8, 4) is 5.75 Å². The van der Waals surface area contributed by atoms with Crippen LogP contribution in [0.15, 0.2) is 42.5 Å². The summed E-state index contributed by atoms with van der Waals surface area (Å²) in [6.07, 6.45) is -1.14. The molecule has 1 atom stereocenters. The summed E-state index contributed by atoms with van der Waals surface area (Å²) in [6, 6.07) is 8.93. The van der Waals surface area contributed by atoms with Gasteiger partial charge in [-0.3, -0.25) is 30.6 Å². The molecule has 2 aromatic carbocycles. The molecule has 26 heavy (non-hydrogen) atoms. The maximum absolute atomic E-state index is 13.5. The van der Waals surface area contributed by atoms with Gasteiger partial charge in [0.1, 0.15) is 5.56 Å². The topological polar surface area (TPSA) is 111 Å². The molecular formula is C16H13ClFN3O5. The van der Waals surface area contributed by atoms with E-state index < -0.39 is 34.3 Å². The Morgan fingerprint density at radius 2 is 1.92 bits per heavy atom. The van der Waals surface area contributed by atoms with Gasteiger partial charge < -0.3 is 4.74 Å². The second-order valence-corrected chi connectivity index (χ2v) is 5.49. The standard InChI is InChI=1S/C16H13ClFN3O5/c1-9(26-14-5-3-2-4-12(14)18)15(22)19-20-16(23)11-8-10(17)6-7-13(11)21(24)25/h2-9H,1H3,(H,19,22)(H,20,23)/t9-/m0/s1. The first-order valence-electron chi connectivity index (χ1n) is 7.25. The van der Waals surface area contributed by atoms with E-state index in [2.05, 4.69) is 5.43 Å². The van der Waals surface area contributed by atoms with Gasteiger partial charge in [-0.05, 0) is 31.2 Å². The monoisotopic (exact) mass is 381 g/mol. The fourth-order valence-electron chi connectivity index (χ4n) is 1.92. The predicted molar refractivity (Wildman–Crippen MR) is 90.2 cm³/mol. The first-order valence-corrected chi connectivity index (χ1v) is 7.62. The number of nitro benzene ring substituents is 1. The third-order valence-electron chi connectivity index (χ3n) is 3.21. The number of ether oxygens (including phenoxy) is 1. The Balaban J connectivity index is 2.01. The van der Waals surface area contributed by atoms with Crippen LogP contribution in [-0.4, -0.2) is 22.8 Å². The van der Waals surface area contributed by atoms with Crippen LogP contribution in [0.4, 0.5) is 10.1 Å². The van der Waals surface area contributed by atoms with Crippen LogP contribution < -0.4 is 15.6 Å². The minimum Gasteiger partial charge on any atom is -0.478 e. The molecule has 2 aromatic rings. The summed E-state index contributed by atoms with van der Waals surface area (Å²) in [4.78, 5) is 34.2. The second-order valence-electron chi connectivity index (χ2n) is 5.05. The Morgan fingerprint density at radius 3 is 2.58 bits per heavy atom. The molecule has 0 aliphatic heterocycles. The summed E-state index contributed by atoms with van der Waals surface area (Å²) in [5.41, 5.74) is 3.28. The van der Waals surface area contributed by atoms with Gasteiger partial charge in [0.15, 0.2) is 17.7 Å². The fraction of sp³-hybridized carbons (Fsp3) is 0.125. The van der Waals surface area contributed by atoms with Crippen molar-refractivity contribution in [3.63, 3.8) is 0 Å². The summed E-state index contributed by atoms with van der Waals surface area (Å²) in [6.45, 7) is 1.34. The number of hydrogen-bond acceptors (Lipinski definition) is 5. The number of halogens is 2. The Labute approximate surface area is 152 Å². The van der Waals surface area contributed by atoms with E-state index in [1.807, 2.05) is 5.43 Å². The molecule has 2 N–H and O–H groups in total. The molecule has 0 heterocycles. The van der Waals surface area contributed by atoms with E-state index in [0.717, 1.165) is 12.1 Å². The van der Waals surface area contributed by atoms with Gasteiger partial charge in [-0.15, -0.1) is 0 Å². The zero-order valence-corrected chi connectivity index (χ0v) is 14.1. The van der Waals surface area contributed by atoms with Crippen molar-refractivity contribution in [2.45, 2.75) is 13.0 Å². The van der Waals surface area contributed by atoms with Gasteiger partial charge in [0.25, 0.3) is 17.5 Å². The predicted octanol–water partition coefficient (Wildman–Crippen LogP) is 2.62. The minimum absolute atomic E-state index is 0.114. The normalized spacial score (nSPS) is 11.3. The lowest BCUT2D eigenvalue weighted by Crippen LogP contribution is -2.47. The number of carbonyl (C=O) groups excluding carboxylic acids is 2. The Bertz CT molecular complexity index is 862. The zero-order valence-electron chi connectivity index (χ0n) is 13.4. The number of carbonyl (C=O) groups is 2. The minimum atomic E-state index is -1.14. The van der Waals surface area contributed by atoms with Crippen molar-refractivity contribution in [2.75, 3.05) is 0 Å². The molecule has 0 saturated heterocycles. The van der Waals surface area contributed by atoms with Crippen LogP contribution in [-0.2, 0) is 4.79 Å². The van der Waals surface area contributed by atoms with Crippen molar-refractivity contribution >= 4 is 29.1 Å². The van der Waals surface area contributed by atoms with Gasteiger partial charge >= 0.3 is 0 Å². The molecule has 0 aromatic heterocycles. The third kappa shape index (κ3) is 4.67. The molecule has 10 heteroatoms. The van der Waals surface area contributed by atoms with Crippen LogP contribution in [0.2, 0.25) is 5.02 Å². The lowest BCUT2D eigenvalue weighted by atomic mass is 10.1. The molecule has 0 saturated carbocycles. The highest BCUT2D eigenvalue weighted by atomic mass is 35.5. The van der Waals surface area contributed by atoms with E-state index in [-0.39, 0.29) is 16.3 Å². The van der Waals surface area contributed by atoms with Crippen LogP contribution in [0.3, 0.4) is 0 Å². The average molecular weight is 382 g/mol. The summed E-state index contributed by atoms with van der Waals surface area (Å²) in [7, 11) is 0. The van der Waals surface area contributed by atoms with E-state index in [0.29, 0.717) is 0 Å². The van der Waals surface area contributed by atoms with Gasteiger partial charge in [0.2, 0.25) is 0 Å². The zero-order chi connectivity index (χ0) is 19.3. The van der Waals surface area contributed by atoms with Gasteiger partial charge in [0.05, 0.1) is 4.92 Å². The van der Waals surface area contributed by atoms with E-state index in [9.17, 15) is 24.1 Å². The van der Waals surface area contributed by atoms with Crippen LogP contribution >= 0.6 is 11.6 Å². The molecule has 0 bridgehead atoms. The van der Waals surface area contributed by atoms with Gasteiger partial charge in [-0.25, -0.2) is 4.39 Å². The van der Waals surface area contributed by atoms with Crippen LogP contribution in [0.1, 0.15) is 17.3 Å². The second kappa shape index (κ2) is 8.26. The van der Waals surface area contributed by atoms with Crippen LogP contribution in [0.5, 0.6) is 5.75 Å². The number of rotatable bonds is 5. The van der Waals surface area contributed by atoms with Crippen LogP contribution in [0, 0.1) is 15.9 Å². The van der Waals surface area contributed by atoms with E-state index in [1.165, 1.54) is 37.3 Å². The number of nitro groups is 1. The van der Waals surface area contributed by atoms with Crippen molar-refractivity contribution in [2.24, 2.45) is 0 Å².